The zero-order valence-electron chi connectivity index (χ0n) is 19.0. The van der Waals surface area contributed by atoms with Gasteiger partial charge in [-0.3, -0.25) is 0 Å². The highest BCUT2D eigenvalue weighted by Crippen LogP contribution is 2.41. The second kappa shape index (κ2) is 8.85. The highest BCUT2D eigenvalue weighted by atomic mass is 16.5. The Hall–Kier alpha value is -2.26. The first-order chi connectivity index (χ1) is 14.4. The van der Waals surface area contributed by atoms with Gasteiger partial charge in [-0.05, 0) is 69.8 Å². The number of allylic oxidation sites excluding steroid dienone is 1. The van der Waals surface area contributed by atoms with E-state index < -0.39 is 0 Å². The van der Waals surface area contributed by atoms with Crippen LogP contribution in [0.15, 0.2) is 60.8 Å². The molecule has 1 aliphatic carbocycles. The zero-order valence-corrected chi connectivity index (χ0v) is 19.0. The summed E-state index contributed by atoms with van der Waals surface area (Å²) in [5.41, 5.74) is 5.20. The quantitative estimate of drug-likeness (QED) is 0.583. The summed E-state index contributed by atoms with van der Waals surface area (Å²) in [6.07, 6.45) is 3.71. The molecule has 0 radical (unpaired) electrons. The summed E-state index contributed by atoms with van der Waals surface area (Å²) in [7, 11) is 2.29. The van der Waals surface area contributed by atoms with Crippen LogP contribution >= 0.6 is 0 Å². The van der Waals surface area contributed by atoms with Crippen molar-refractivity contribution in [3.63, 3.8) is 0 Å². The van der Waals surface area contributed by atoms with Crippen molar-refractivity contribution in [1.82, 2.24) is 9.80 Å². The number of fused-ring (bicyclic) bond motifs is 2. The summed E-state index contributed by atoms with van der Waals surface area (Å²) in [5, 5.41) is 0. The number of likely N-dealkylation sites (tertiary alicyclic amines) is 1. The number of piperidine rings is 1. The summed E-state index contributed by atoms with van der Waals surface area (Å²) in [6.45, 7) is 13.0. The van der Waals surface area contributed by atoms with Gasteiger partial charge in [0.2, 0.25) is 0 Å². The van der Waals surface area contributed by atoms with E-state index in [9.17, 15) is 0 Å². The van der Waals surface area contributed by atoms with Crippen LogP contribution in [0.3, 0.4) is 0 Å². The monoisotopic (exact) mass is 404 g/mol. The molecule has 0 N–H and O–H groups in total. The molecule has 0 aromatic heterocycles. The Morgan fingerprint density at radius 2 is 1.73 bits per heavy atom. The first kappa shape index (κ1) is 21.0. The third kappa shape index (κ3) is 4.73. The third-order valence-electron chi connectivity index (χ3n) is 6.69. The van der Waals surface area contributed by atoms with Crippen LogP contribution in [-0.2, 0) is 13.0 Å². The van der Waals surface area contributed by atoms with Crippen LogP contribution in [0.4, 0.5) is 0 Å². The molecule has 2 aromatic rings. The van der Waals surface area contributed by atoms with Gasteiger partial charge < -0.3 is 14.5 Å². The van der Waals surface area contributed by atoms with Crippen LogP contribution in [0.1, 0.15) is 43.4 Å². The molecule has 2 bridgehead atoms. The van der Waals surface area contributed by atoms with Gasteiger partial charge in [0.25, 0.3) is 0 Å². The first-order valence-electron chi connectivity index (χ1n) is 11.3. The summed E-state index contributed by atoms with van der Waals surface area (Å²) in [5.74, 6) is 1.77. The molecule has 0 spiro atoms. The van der Waals surface area contributed by atoms with E-state index in [2.05, 4.69) is 92.7 Å². The normalized spacial score (nSPS) is 23.2. The van der Waals surface area contributed by atoms with Gasteiger partial charge in [-0.15, -0.1) is 0 Å². The van der Waals surface area contributed by atoms with E-state index in [0.29, 0.717) is 12.1 Å². The van der Waals surface area contributed by atoms with Crippen LogP contribution in [0, 0.1) is 12.8 Å². The second-order valence-corrected chi connectivity index (χ2v) is 9.58. The lowest BCUT2D eigenvalue weighted by Crippen LogP contribution is -2.48. The van der Waals surface area contributed by atoms with E-state index in [4.69, 9.17) is 4.74 Å². The summed E-state index contributed by atoms with van der Waals surface area (Å²) < 4.78 is 5.80. The fourth-order valence-corrected chi connectivity index (χ4v) is 5.24. The van der Waals surface area contributed by atoms with Crippen molar-refractivity contribution in [1.29, 1.82) is 0 Å². The number of hydrogen-bond donors (Lipinski definition) is 0. The fourth-order valence-electron chi connectivity index (χ4n) is 5.24. The minimum atomic E-state index is 0.200. The lowest BCUT2D eigenvalue weighted by Gasteiger charge is -2.41. The number of aryl methyl sites for hydroxylation is 1. The van der Waals surface area contributed by atoms with E-state index >= 15 is 0 Å². The molecule has 160 valence electrons. The van der Waals surface area contributed by atoms with Crippen molar-refractivity contribution >= 4 is 0 Å². The Balaban J connectivity index is 1.51. The average molecular weight is 405 g/mol. The van der Waals surface area contributed by atoms with Crippen LogP contribution < -0.4 is 4.74 Å². The Kier molecular flexibility index (Phi) is 6.19. The second-order valence-electron chi connectivity index (χ2n) is 9.58. The average Bonchev–Trinajstić information content (AvgIpc) is 3.28. The smallest absolute Gasteiger partial charge is 0.119 e. The molecule has 2 aromatic carbocycles. The van der Waals surface area contributed by atoms with Gasteiger partial charge in [-0.1, -0.05) is 48.5 Å². The maximum Gasteiger partial charge on any atom is 0.119 e. The molecular weight excluding hydrogens is 368 g/mol. The van der Waals surface area contributed by atoms with Crippen LogP contribution in [0.5, 0.6) is 5.75 Å². The van der Waals surface area contributed by atoms with Gasteiger partial charge in [0.1, 0.15) is 5.75 Å². The first-order valence-corrected chi connectivity index (χ1v) is 11.3. The van der Waals surface area contributed by atoms with Crippen molar-refractivity contribution < 1.29 is 4.74 Å². The number of nitrogens with zero attached hydrogens (tertiary/aromatic N) is 2. The number of rotatable bonds is 8. The molecule has 1 saturated carbocycles. The van der Waals surface area contributed by atoms with Crippen LogP contribution in [0.25, 0.3) is 0 Å². The van der Waals surface area contributed by atoms with Gasteiger partial charge in [0, 0.05) is 37.3 Å². The molecule has 4 rings (SSSR count). The lowest BCUT2D eigenvalue weighted by molar-refractivity contribution is 0.120. The molecule has 3 atom stereocenters. The minimum Gasteiger partial charge on any atom is -0.491 e. The molecule has 30 heavy (non-hydrogen) atoms. The molecule has 3 heteroatoms. The lowest BCUT2D eigenvalue weighted by atomic mass is 10.0. The topological polar surface area (TPSA) is 15.7 Å². The van der Waals surface area contributed by atoms with Gasteiger partial charge in [-0.2, -0.15) is 0 Å². The maximum absolute atomic E-state index is 5.80. The van der Waals surface area contributed by atoms with Crippen LogP contribution in [0.2, 0.25) is 0 Å². The standard InChI is InChI=1S/C27H36N2O/c1-19(2)30-25-12-10-22(11-13-25)14-21(4)29(18-23-8-6-20(3)7-9-23)27-16-24-15-26(27)28(5)17-24/h6-13,19,24,26-27H,4,14-18H2,1-3,5H3. The van der Waals surface area contributed by atoms with Crippen molar-refractivity contribution in [2.45, 2.75) is 64.8 Å². The summed E-state index contributed by atoms with van der Waals surface area (Å²) in [4.78, 5) is 5.16. The van der Waals surface area contributed by atoms with E-state index in [0.717, 1.165) is 24.6 Å². The number of benzene rings is 2. The van der Waals surface area contributed by atoms with E-state index in [1.54, 1.807) is 0 Å². The minimum absolute atomic E-state index is 0.200. The molecule has 2 fully saturated rings. The number of likely N-dealkylation sites (N-methyl/N-ethyl adjacent to an activating group) is 1. The maximum atomic E-state index is 5.80. The Bertz CT molecular complexity index is 855. The predicted octanol–water partition coefficient (Wildman–Crippen LogP) is 5.43. The summed E-state index contributed by atoms with van der Waals surface area (Å²) in [6, 6.07) is 18.7. The molecule has 2 aliphatic rings. The van der Waals surface area contributed by atoms with Gasteiger partial charge in [0.05, 0.1) is 6.10 Å². The molecule has 3 unspecified atom stereocenters. The Labute approximate surface area is 182 Å². The SMILES string of the molecule is C=C(Cc1ccc(OC(C)C)cc1)N(Cc1ccc(C)cc1)C1CC2CC1N(C)C2. The molecule has 1 heterocycles. The highest BCUT2D eigenvalue weighted by molar-refractivity contribution is 5.30. The molecular formula is C27H36N2O. The highest BCUT2D eigenvalue weighted by Gasteiger charge is 2.45. The van der Waals surface area contributed by atoms with Crippen molar-refractivity contribution in [2.75, 3.05) is 13.6 Å². The summed E-state index contributed by atoms with van der Waals surface area (Å²) >= 11 is 0. The Morgan fingerprint density at radius 1 is 1.07 bits per heavy atom. The number of ether oxygens (including phenoxy) is 1. The fraction of sp³-hybridized carbons (Fsp3) is 0.481. The largest absolute Gasteiger partial charge is 0.491 e. The molecule has 3 nitrogen and oxygen atoms in total. The molecule has 1 aliphatic heterocycles. The predicted molar refractivity (Wildman–Crippen MR) is 125 cm³/mol. The van der Waals surface area contributed by atoms with E-state index in [-0.39, 0.29) is 6.10 Å². The van der Waals surface area contributed by atoms with Gasteiger partial charge in [-0.25, -0.2) is 0 Å². The van der Waals surface area contributed by atoms with E-state index in [1.807, 2.05) is 0 Å². The van der Waals surface area contributed by atoms with Gasteiger partial charge >= 0.3 is 0 Å². The van der Waals surface area contributed by atoms with Crippen molar-refractivity contribution in [2.24, 2.45) is 5.92 Å². The molecule has 1 saturated heterocycles. The van der Waals surface area contributed by atoms with Crippen molar-refractivity contribution in [3.8, 4) is 5.75 Å². The van der Waals surface area contributed by atoms with E-state index in [1.165, 1.54) is 41.8 Å². The molecule has 0 amide bonds. The van der Waals surface area contributed by atoms with Crippen molar-refractivity contribution in [3.05, 3.63) is 77.5 Å². The Morgan fingerprint density at radius 3 is 2.33 bits per heavy atom. The number of hydrogen-bond acceptors (Lipinski definition) is 3. The zero-order chi connectivity index (χ0) is 21.3. The third-order valence-corrected chi connectivity index (χ3v) is 6.69. The van der Waals surface area contributed by atoms with Crippen LogP contribution in [-0.4, -0.2) is 41.6 Å². The van der Waals surface area contributed by atoms with Gasteiger partial charge in [0.15, 0.2) is 0 Å².